The lowest BCUT2D eigenvalue weighted by Gasteiger charge is -2.19. The van der Waals surface area contributed by atoms with Crippen LogP contribution in [-0.2, 0) is 17.8 Å². The Morgan fingerprint density at radius 3 is 3.05 bits per heavy atom. The molecular formula is C15H16N2O3S. The first kappa shape index (κ1) is 14.0. The fourth-order valence-corrected chi connectivity index (χ4v) is 2.52. The molecule has 0 fully saturated rings. The van der Waals surface area contributed by atoms with Crippen LogP contribution in [-0.4, -0.2) is 16.6 Å². The van der Waals surface area contributed by atoms with E-state index in [0.717, 1.165) is 29.9 Å². The molecule has 0 bridgehead atoms. The SMILES string of the molecule is CCCOCc1ccc2c(c1)Cc1c([nH]c(=S)[nH]c1=O)O2. The largest absolute Gasteiger partial charge is 0.440 e. The molecule has 2 N–H and O–H groups in total. The molecule has 3 rings (SSSR count). The maximum atomic E-state index is 11.9. The van der Waals surface area contributed by atoms with E-state index in [2.05, 4.69) is 16.9 Å². The van der Waals surface area contributed by atoms with E-state index >= 15 is 0 Å². The lowest BCUT2D eigenvalue weighted by molar-refractivity contribution is 0.121. The quantitative estimate of drug-likeness (QED) is 0.574. The van der Waals surface area contributed by atoms with Crippen LogP contribution in [0.4, 0.5) is 0 Å². The topological polar surface area (TPSA) is 67.1 Å². The minimum atomic E-state index is -0.202. The van der Waals surface area contributed by atoms with Crippen molar-refractivity contribution in [2.75, 3.05) is 6.61 Å². The molecule has 0 unspecified atom stereocenters. The number of hydrogen-bond donors (Lipinski definition) is 2. The van der Waals surface area contributed by atoms with Crippen molar-refractivity contribution in [2.45, 2.75) is 26.4 Å². The first-order valence-electron chi connectivity index (χ1n) is 6.90. The van der Waals surface area contributed by atoms with Crippen LogP contribution in [0.2, 0.25) is 0 Å². The van der Waals surface area contributed by atoms with Gasteiger partial charge in [-0.15, -0.1) is 0 Å². The minimum absolute atomic E-state index is 0.202. The van der Waals surface area contributed by atoms with Gasteiger partial charge in [-0.05, 0) is 41.9 Å². The van der Waals surface area contributed by atoms with Crippen LogP contribution in [0.1, 0.15) is 30.0 Å². The summed E-state index contributed by atoms with van der Waals surface area (Å²) in [5, 5.41) is 0. The van der Waals surface area contributed by atoms with E-state index in [1.165, 1.54) is 0 Å². The van der Waals surface area contributed by atoms with Crippen LogP contribution < -0.4 is 10.3 Å². The smallest absolute Gasteiger partial charge is 0.259 e. The van der Waals surface area contributed by atoms with Crippen molar-refractivity contribution in [3.8, 4) is 11.6 Å². The van der Waals surface area contributed by atoms with Gasteiger partial charge in [-0.2, -0.15) is 0 Å². The Kier molecular flexibility index (Phi) is 3.90. The Bertz CT molecular complexity index is 779. The first-order chi connectivity index (χ1) is 10.2. The summed E-state index contributed by atoms with van der Waals surface area (Å²) in [7, 11) is 0. The molecular weight excluding hydrogens is 288 g/mol. The number of H-pyrrole nitrogens is 2. The van der Waals surface area contributed by atoms with Crippen LogP contribution in [0, 0.1) is 4.77 Å². The van der Waals surface area contributed by atoms with Gasteiger partial charge in [0.15, 0.2) is 4.77 Å². The lowest BCUT2D eigenvalue weighted by atomic mass is 10.0. The molecule has 1 aliphatic heterocycles. The van der Waals surface area contributed by atoms with Crippen molar-refractivity contribution in [3.63, 3.8) is 0 Å². The summed E-state index contributed by atoms with van der Waals surface area (Å²) < 4.78 is 11.5. The van der Waals surface area contributed by atoms with Crippen molar-refractivity contribution in [2.24, 2.45) is 0 Å². The monoisotopic (exact) mass is 304 g/mol. The Labute approximate surface area is 126 Å². The number of aromatic nitrogens is 2. The molecule has 0 spiro atoms. The van der Waals surface area contributed by atoms with Gasteiger partial charge in [0.25, 0.3) is 5.56 Å². The predicted octanol–water partition coefficient (Wildman–Crippen LogP) is 3.06. The molecule has 1 aliphatic rings. The normalized spacial score (nSPS) is 12.4. The molecule has 0 atom stereocenters. The summed E-state index contributed by atoms with van der Waals surface area (Å²) in [6.45, 7) is 3.39. The molecule has 2 aromatic rings. The second-order valence-electron chi connectivity index (χ2n) is 4.99. The van der Waals surface area contributed by atoms with E-state index in [1.54, 1.807) is 0 Å². The Morgan fingerprint density at radius 1 is 1.38 bits per heavy atom. The number of nitrogens with one attached hydrogen (secondary N) is 2. The highest BCUT2D eigenvalue weighted by Gasteiger charge is 2.20. The van der Waals surface area contributed by atoms with E-state index in [9.17, 15) is 4.79 Å². The fourth-order valence-electron chi connectivity index (χ4n) is 2.33. The number of fused-ring (bicyclic) bond motifs is 2. The van der Waals surface area contributed by atoms with Crippen molar-refractivity contribution in [1.82, 2.24) is 9.97 Å². The molecule has 1 aromatic heterocycles. The average Bonchev–Trinajstić information content (AvgIpc) is 2.46. The van der Waals surface area contributed by atoms with E-state index in [0.29, 0.717) is 24.5 Å². The molecule has 6 heteroatoms. The Hall–Kier alpha value is -1.92. The maximum absolute atomic E-state index is 11.9. The zero-order valence-corrected chi connectivity index (χ0v) is 12.5. The van der Waals surface area contributed by atoms with E-state index in [4.69, 9.17) is 21.7 Å². The Balaban J connectivity index is 1.89. The molecule has 0 saturated carbocycles. The maximum Gasteiger partial charge on any atom is 0.259 e. The van der Waals surface area contributed by atoms with E-state index in [1.807, 2.05) is 18.2 Å². The molecule has 0 saturated heterocycles. The van der Waals surface area contributed by atoms with Crippen molar-refractivity contribution in [1.29, 1.82) is 0 Å². The summed E-state index contributed by atoms with van der Waals surface area (Å²) in [6.07, 6.45) is 1.52. The van der Waals surface area contributed by atoms with Crippen LogP contribution in [0.3, 0.4) is 0 Å². The standard InChI is InChI=1S/C15H16N2O3S/c1-2-5-19-8-9-3-4-12-10(6-9)7-11-13(18)16-15(21)17-14(11)20-12/h3-4,6H,2,5,7-8H2,1H3,(H2,16,17,18,21). The summed E-state index contributed by atoms with van der Waals surface area (Å²) in [6, 6.07) is 5.90. The van der Waals surface area contributed by atoms with Crippen molar-refractivity contribution in [3.05, 3.63) is 50.0 Å². The zero-order valence-electron chi connectivity index (χ0n) is 11.7. The second-order valence-corrected chi connectivity index (χ2v) is 5.40. The summed E-state index contributed by atoms with van der Waals surface area (Å²) in [5.74, 6) is 1.18. The van der Waals surface area contributed by atoms with E-state index < -0.39 is 0 Å². The van der Waals surface area contributed by atoms with Gasteiger partial charge in [0.05, 0.1) is 12.2 Å². The minimum Gasteiger partial charge on any atom is -0.440 e. The molecule has 2 heterocycles. The van der Waals surface area contributed by atoms with Gasteiger partial charge in [-0.3, -0.25) is 9.78 Å². The van der Waals surface area contributed by atoms with Gasteiger partial charge in [0, 0.05) is 13.0 Å². The number of benzene rings is 1. The molecule has 0 amide bonds. The number of aromatic amines is 2. The van der Waals surface area contributed by atoms with Gasteiger partial charge < -0.3 is 14.5 Å². The van der Waals surface area contributed by atoms with E-state index in [-0.39, 0.29) is 10.3 Å². The summed E-state index contributed by atoms with van der Waals surface area (Å²) >= 11 is 4.96. The zero-order chi connectivity index (χ0) is 14.8. The number of rotatable bonds is 4. The van der Waals surface area contributed by atoms with Gasteiger partial charge in [-0.1, -0.05) is 13.0 Å². The second kappa shape index (κ2) is 5.83. The predicted molar refractivity (Wildman–Crippen MR) is 81.5 cm³/mol. The third-order valence-electron chi connectivity index (χ3n) is 3.32. The van der Waals surface area contributed by atoms with Crippen LogP contribution in [0.25, 0.3) is 0 Å². The Morgan fingerprint density at radius 2 is 2.24 bits per heavy atom. The molecule has 0 aliphatic carbocycles. The van der Waals surface area contributed by atoms with Crippen molar-refractivity contribution >= 4 is 12.2 Å². The molecule has 0 radical (unpaired) electrons. The van der Waals surface area contributed by atoms with Gasteiger partial charge in [-0.25, -0.2) is 0 Å². The molecule has 5 nitrogen and oxygen atoms in total. The highest BCUT2D eigenvalue weighted by Crippen LogP contribution is 2.33. The van der Waals surface area contributed by atoms with Crippen LogP contribution in [0.15, 0.2) is 23.0 Å². The van der Waals surface area contributed by atoms with Crippen LogP contribution in [0.5, 0.6) is 11.6 Å². The molecule has 1 aromatic carbocycles. The molecule has 110 valence electrons. The van der Waals surface area contributed by atoms with Gasteiger partial charge >= 0.3 is 0 Å². The van der Waals surface area contributed by atoms with Gasteiger partial charge in [0.1, 0.15) is 5.75 Å². The third-order valence-corrected chi connectivity index (χ3v) is 3.53. The first-order valence-corrected chi connectivity index (χ1v) is 7.31. The average molecular weight is 304 g/mol. The molecule has 21 heavy (non-hydrogen) atoms. The van der Waals surface area contributed by atoms with Crippen molar-refractivity contribution < 1.29 is 9.47 Å². The van der Waals surface area contributed by atoms with Crippen LogP contribution >= 0.6 is 12.2 Å². The highest BCUT2D eigenvalue weighted by molar-refractivity contribution is 7.71. The fraction of sp³-hybridized carbons (Fsp3) is 0.333. The summed E-state index contributed by atoms with van der Waals surface area (Å²) in [4.78, 5) is 17.4. The lowest BCUT2D eigenvalue weighted by Crippen LogP contribution is -2.19. The van der Waals surface area contributed by atoms with Gasteiger partial charge in [0.2, 0.25) is 5.88 Å². The third kappa shape index (κ3) is 2.91. The highest BCUT2D eigenvalue weighted by atomic mass is 32.1. The number of ether oxygens (including phenoxy) is 2. The number of hydrogen-bond acceptors (Lipinski definition) is 4. The summed E-state index contributed by atoms with van der Waals surface area (Å²) in [5.41, 5.74) is 2.43.